The van der Waals surface area contributed by atoms with Crippen LogP contribution in [0.4, 0.5) is 5.69 Å². The Balaban J connectivity index is 2.34. The molecule has 104 valence electrons. The predicted octanol–water partition coefficient (Wildman–Crippen LogP) is 1.38. The average molecular weight is 327 g/mol. The van der Waals surface area contributed by atoms with Crippen LogP contribution in [-0.2, 0) is 6.54 Å². The van der Waals surface area contributed by atoms with Crippen molar-refractivity contribution in [2.75, 3.05) is 24.5 Å². The lowest BCUT2D eigenvalue weighted by atomic mass is 10.1. The first-order chi connectivity index (χ1) is 9.19. The average Bonchev–Trinajstić information content (AvgIpc) is 2.33. The van der Waals surface area contributed by atoms with Gasteiger partial charge in [-0.05, 0) is 22.4 Å². The van der Waals surface area contributed by atoms with Gasteiger partial charge in [0, 0.05) is 19.6 Å². The number of halogens is 1. The molecule has 19 heavy (non-hydrogen) atoms. The molecular formula is C13H19BrN4O. The molecule has 0 amide bonds. The fraction of sp³-hybridized carbons (Fsp3) is 0.538. The van der Waals surface area contributed by atoms with E-state index < -0.39 is 0 Å². The van der Waals surface area contributed by atoms with Gasteiger partial charge in [0.25, 0.3) is 5.56 Å². The summed E-state index contributed by atoms with van der Waals surface area (Å²) in [4.78, 5) is 14.4. The van der Waals surface area contributed by atoms with Crippen LogP contribution >= 0.6 is 15.9 Å². The Morgan fingerprint density at radius 2 is 2.42 bits per heavy atom. The van der Waals surface area contributed by atoms with Crippen LogP contribution in [0.5, 0.6) is 0 Å². The van der Waals surface area contributed by atoms with Crippen molar-refractivity contribution in [1.29, 1.82) is 0 Å². The van der Waals surface area contributed by atoms with E-state index in [0.29, 0.717) is 17.1 Å². The van der Waals surface area contributed by atoms with Crippen molar-refractivity contribution < 1.29 is 0 Å². The molecule has 0 bridgehead atoms. The molecule has 6 heteroatoms. The van der Waals surface area contributed by atoms with Crippen molar-refractivity contribution >= 4 is 21.6 Å². The fourth-order valence-electron chi connectivity index (χ4n) is 2.14. The van der Waals surface area contributed by atoms with E-state index >= 15 is 0 Å². The van der Waals surface area contributed by atoms with Gasteiger partial charge in [-0.1, -0.05) is 13.0 Å². The van der Waals surface area contributed by atoms with Gasteiger partial charge >= 0.3 is 0 Å². The van der Waals surface area contributed by atoms with Gasteiger partial charge in [0.2, 0.25) is 0 Å². The second-order valence-corrected chi connectivity index (χ2v) is 5.42. The Morgan fingerprint density at radius 1 is 1.68 bits per heavy atom. The van der Waals surface area contributed by atoms with Gasteiger partial charge in [-0.25, -0.2) is 4.68 Å². The summed E-state index contributed by atoms with van der Waals surface area (Å²) in [6.45, 7) is 9.05. The molecule has 0 atom stereocenters. The summed E-state index contributed by atoms with van der Waals surface area (Å²) in [7, 11) is 0. The van der Waals surface area contributed by atoms with Crippen LogP contribution in [0.25, 0.3) is 0 Å². The maximum absolute atomic E-state index is 12.2. The summed E-state index contributed by atoms with van der Waals surface area (Å²) in [6, 6.07) is 0.452. The Morgan fingerprint density at radius 3 is 2.95 bits per heavy atom. The van der Waals surface area contributed by atoms with Gasteiger partial charge in [0.15, 0.2) is 0 Å². The molecule has 0 radical (unpaired) electrons. The van der Waals surface area contributed by atoms with Crippen LogP contribution in [-0.4, -0.2) is 35.5 Å². The number of nitrogens with zero attached hydrogens (tertiary/aromatic N) is 3. The SMILES string of the molecule is C=CCn1ncc(N(CCC)C2CNC2)c(Br)c1=O. The molecule has 5 nitrogen and oxygen atoms in total. The van der Waals surface area contributed by atoms with Crippen molar-refractivity contribution in [2.45, 2.75) is 25.9 Å². The summed E-state index contributed by atoms with van der Waals surface area (Å²) in [5.74, 6) is 0. The summed E-state index contributed by atoms with van der Waals surface area (Å²) >= 11 is 3.42. The van der Waals surface area contributed by atoms with Crippen LogP contribution < -0.4 is 15.8 Å². The standard InChI is InChI=1S/C13H19BrN4O/c1-3-5-17(10-7-15-8-10)11-9-16-18(6-4-2)13(19)12(11)14/h4,9-10,15H,2-3,5-8H2,1H3. The third kappa shape index (κ3) is 2.90. The Hall–Kier alpha value is -1.14. The minimum absolute atomic E-state index is 0.106. The first-order valence-electron chi connectivity index (χ1n) is 6.53. The van der Waals surface area contributed by atoms with Crippen molar-refractivity contribution in [1.82, 2.24) is 15.1 Å². The topological polar surface area (TPSA) is 50.2 Å². The van der Waals surface area contributed by atoms with Crippen LogP contribution in [0.3, 0.4) is 0 Å². The molecular weight excluding hydrogens is 308 g/mol. The van der Waals surface area contributed by atoms with Crippen molar-refractivity contribution in [3.05, 3.63) is 33.7 Å². The number of nitrogens with one attached hydrogen (secondary N) is 1. The molecule has 0 unspecified atom stereocenters. The lowest BCUT2D eigenvalue weighted by molar-refractivity contribution is 0.411. The van der Waals surface area contributed by atoms with Crippen LogP contribution in [0.2, 0.25) is 0 Å². The molecule has 2 heterocycles. The summed E-state index contributed by atoms with van der Waals surface area (Å²) in [5.41, 5.74) is 0.782. The zero-order valence-electron chi connectivity index (χ0n) is 11.1. The molecule has 1 fully saturated rings. The van der Waals surface area contributed by atoms with E-state index in [9.17, 15) is 4.79 Å². The van der Waals surface area contributed by atoms with Crippen molar-refractivity contribution in [3.63, 3.8) is 0 Å². The van der Waals surface area contributed by atoms with Gasteiger partial charge < -0.3 is 10.2 Å². The minimum Gasteiger partial charge on any atom is -0.364 e. The van der Waals surface area contributed by atoms with Gasteiger partial charge in [0.1, 0.15) is 4.47 Å². The molecule has 1 aromatic heterocycles. The van der Waals surface area contributed by atoms with Gasteiger partial charge in [-0.2, -0.15) is 5.10 Å². The number of aromatic nitrogens is 2. The Labute approximate surface area is 121 Å². The molecule has 2 rings (SSSR count). The smallest absolute Gasteiger partial charge is 0.283 e. The Kier molecular flexibility index (Phi) is 4.76. The minimum atomic E-state index is -0.106. The van der Waals surface area contributed by atoms with E-state index in [1.54, 1.807) is 12.3 Å². The summed E-state index contributed by atoms with van der Waals surface area (Å²) in [6.07, 6.45) is 4.47. The molecule has 1 aromatic rings. The molecule has 0 spiro atoms. The van der Waals surface area contributed by atoms with Crippen molar-refractivity contribution in [2.24, 2.45) is 0 Å². The second kappa shape index (κ2) is 6.34. The van der Waals surface area contributed by atoms with Gasteiger partial charge in [0.05, 0.1) is 24.5 Å². The quantitative estimate of drug-likeness (QED) is 0.802. The molecule has 0 saturated carbocycles. The largest absolute Gasteiger partial charge is 0.364 e. The highest BCUT2D eigenvalue weighted by Gasteiger charge is 2.26. The van der Waals surface area contributed by atoms with Gasteiger partial charge in [-0.15, -0.1) is 6.58 Å². The van der Waals surface area contributed by atoms with E-state index in [1.807, 2.05) is 0 Å². The fourth-order valence-corrected chi connectivity index (χ4v) is 2.68. The third-order valence-corrected chi connectivity index (χ3v) is 3.99. The van der Waals surface area contributed by atoms with E-state index in [0.717, 1.165) is 31.7 Å². The van der Waals surface area contributed by atoms with E-state index in [1.165, 1.54) is 4.68 Å². The lowest BCUT2D eigenvalue weighted by Crippen LogP contribution is -2.58. The maximum atomic E-state index is 12.2. The Bertz CT molecular complexity index is 510. The second-order valence-electron chi connectivity index (χ2n) is 4.63. The maximum Gasteiger partial charge on any atom is 0.283 e. The molecule has 1 aliphatic heterocycles. The number of hydrogen-bond donors (Lipinski definition) is 1. The van der Waals surface area contributed by atoms with Crippen LogP contribution in [0, 0.1) is 0 Å². The van der Waals surface area contributed by atoms with Crippen LogP contribution in [0.1, 0.15) is 13.3 Å². The van der Waals surface area contributed by atoms with Gasteiger partial charge in [-0.3, -0.25) is 4.79 Å². The highest BCUT2D eigenvalue weighted by atomic mass is 79.9. The van der Waals surface area contributed by atoms with E-state index in [4.69, 9.17) is 0 Å². The normalized spacial score (nSPS) is 15.1. The number of anilines is 1. The highest BCUT2D eigenvalue weighted by Crippen LogP contribution is 2.25. The zero-order chi connectivity index (χ0) is 13.8. The predicted molar refractivity (Wildman–Crippen MR) is 80.7 cm³/mol. The van der Waals surface area contributed by atoms with Crippen LogP contribution in [0.15, 0.2) is 28.1 Å². The summed E-state index contributed by atoms with van der Waals surface area (Å²) in [5, 5.41) is 7.48. The lowest BCUT2D eigenvalue weighted by Gasteiger charge is -2.39. The third-order valence-electron chi connectivity index (χ3n) is 3.24. The summed E-state index contributed by atoms with van der Waals surface area (Å²) < 4.78 is 1.99. The molecule has 0 aliphatic carbocycles. The zero-order valence-corrected chi connectivity index (χ0v) is 12.7. The number of hydrogen-bond acceptors (Lipinski definition) is 4. The molecule has 0 aromatic carbocycles. The molecule has 1 saturated heterocycles. The molecule has 1 N–H and O–H groups in total. The number of rotatable bonds is 6. The number of allylic oxidation sites excluding steroid dienone is 1. The monoisotopic (exact) mass is 326 g/mol. The van der Waals surface area contributed by atoms with Crippen molar-refractivity contribution in [3.8, 4) is 0 Å². The first kappa shape index (κ1) is 14.3. The highest BCUT2D eigenvalue weighted by molar-refractivity contribution is 9.10. The van der Waals surface area contributed by atoms with E-state index in [-0.39, 0.29) is 5.56 Å². The first-order valence-corrected chi connectivity index (χ1v) is 7.32. The molecule has 1 aliphatic rings. The van der Waals surface area contributed by atoms with E-state index in [2.05, 4.69) is 44.7 Å².